The van der Waals surface area contributed by atoms with Gasteiger partial charge >= 0.3 is 0 Å². The Morgan fingerprint density at radius 3 is 2.71 bits per heavy atom. The molecule has 2 rings (SSSR count). The van der Waals surface area contributed by atoms with Crippen LogP contribution in [-0.4, -0.2) is 29.5 Å². The molecule has 1 N–H and O–H groups in total. The van der Waals surface area contributed by atoms with Gasteiger partial charge < -0.3 is 10.0 Å². The molecule has 0 radical (unpaired) electrons. The van der Waals surface area contributed by atoms with Crippen LogP contribution in [-0.2, 0) is 4.79 Å². The summed E-state index contributed by atoms with van der Waals surface area (Å²) in [6.45, 7) is 4.38. The van der Waals surface area contributed by atoms with Crippen LogP contribution < -0.4 is 0 Å². The molecule has 1 aromatic carbocycles. The summed E-state index contributed by atoms with van der Waals surface area (Å²) in [6.07, 6.45) is 1.01. The summed E-state index contributed by atoms with van der Waals surface area (Å²) in [7, 11) is 1.76. The first-order valence-corrected chi connectivity index (χ1v) is 5.75. The van der Waals surface area contributed by atoms with Crippen molar-refractivity contribution in [2.24, 2.45) is 11.8 Å². The molecule has 90 valence electrons. The van der Waals surface area contributed by atoms with Crippen LogP contribution in [0, 0.1) is 11.8 Å². The molecule has 0 unspecified atom stereocenters. The zero-order valence-electron chi connectivity index (χ0n) is 9.91. The lowest BCUT2D eigenvalue weighted by atomic mass is 9.86. The van der Waals surface area contributed by atoms with Crippen molar-refractivity contribution in [3.05, 3.63) is 48.6 Å². The maximum atomic E-state index is 12.0. The Kier molecular flexibility index (Phi) is 3.29. The molecule has 1 saturated heterocycles. The van der Waals surface area contributed by atoms with E-state index in [1.807, 2.05) is 30.3 Å². The van der Waals surface area contributed by atoms with Crippen LogP contribution >= 0.6 is 0 Å². The fraction of sp³-hybridized carbons (Fsp3) is 0.357. The highest BCUT2D eigenvalue weighted by atomic mass is 16.3. The Labute approximate surface area is 101 Å². The van der Waals surface area contributed by atoms with Crippen molar-refractivity contribution in [1.82, 2.24) is 4.90 Å². The van der Waals surface area contributed by atoms with Gasteiger partial charge in [-0.05, 0) is 5.56 Å². The largest absolute Gasteiger partial charge is 0.388 e. The van der Waals surface area contributed by atoms with Crippen molar-refractivity contribution in [2.45, 2.75) is 6.10 Å². The summed E-state index contributed by atoms with van der Waals surface area (Å²) in [5, 5.41) is 10.3. The fourth-order valence-corrected chi connectivity index (χ4v) is 2.41. The zero-order chi connectivity index (χ0) is 12.4. The topological polar surface area (TPSA) is 40.5 Å². The van der Waals surface area contributed by atoms with Gasteiger partial charge in [-0.15, -0.1) is 6.58 Å². The molecule has 3 nitrogen and oxygen atoms in total. The first kappa shape index (κ1) is 11.9. The summed E-state index contributed by atoms with van der Waals surface area (Å²) in [5.74, 6) is -0.395. The van der Waals surface area contributed by atoms with Gasteiger partial charge in [0.25, 0.3) is 0 Å². The van der Waals surface area contributed by atoms with Gasteiger partial charge in [0.1, 0.15) is 0 Å². The van der Waals surface area contributed by atoms with Crippen LogP contribution in [0.2, 0.25) is 0 Å². The summed E-state index contributed by atoms with van der Waals surface area (Å²) in [4.78, 5) is 13.7. The second-order valence-electron chi connectivity index (χ2n) is 4.50. The molecule has 1 aliphatic heterocycles. The van der Waals surface area contributed by atoms with Gasteiger partial charge in [0, 0.05) is 19.5 Å². The van der Waals surface area contributed by atoms with E-state index in [0.717, 1.165) is 5.56 Å². The average molecular weight is 231 g/mol. The molecule has 1 fully saturated rings. The molecule has 3 atom stereocenters. The van der Waals surface area contributed by atoms with Crippen molar-refractivity contribution in [3.8, 4) is 0 Å². The van der Waals surface area contributed by atoms with E-state index in [2.05, 4.69) is 6.58 Å². The molecule has 0 bridgehead atoms. The fourth-order valence-electron chi connectivity index (χ4n) is 2.41. The molecule has 3 heteroatoms. The number of rotatable bonds is 3. The normalized spacial score (nSPS) is 26.0. The van der Waals surface area contributed by atoms with Gasteiger partial charge in [0.05, 0.1) is 12.0 Å². The number of amides is 1. The minimum absolute atomic E-state index is 0.00810. The predicted molar refractivity (Wildman–Crippen MR) is 66.2 cm³/mol. The highest BCUT2D eigenvalue weighted by Gasteiger charge is 2.41. The number of aliphatic hydroxyl groups is 1. The predicted octanol–water partition coefficient (Wildman–Crippen LogP) is 1.61. The molecule has 1 aromatic rings. The first-order valence-electron chi connectivity index (χ1n) is 5.75. The van der Waals surface area contributed by atoms with Gasteiger partial charge in [-0.25, -0.2) is 0 Å². The first-order chi connectivity index (χ1) is 8.15. The third-order valence-corrected chi connectivity index (χ3v) is 3.39. The van der Waals surface area contributed by atoms with Gasteiger partial charge in [0.2, 0.25) is 5.91 Å². The minimum atomic E-state index is -0.753. The van der Waals surface area contributed by atoms with E-state index in [1.165, 1.54) is 0 Å². The van der Waals surface area contributed by atoms with Gasteiger partial charge in [-0.3, -0.25) is 4.79 Å². The Hall–Kier alpha value is -1.61. The molecule has 0 aliphatic carbocycles. The summed E-state index contributed by atoms with van der Waals surface area (Å²) in [6, 6.07) is 9.31. The number of benzene rings is 1. The van der Waals surface area contributed by atoms with E-state index < -0.39 is 12.0 Å². The Morgan fingerprint density at radius 2 is 2.12 bits per heavy atom. The number of likely N-dealkylation sites (tertiary alicyclic amines) is 1. The summed E-state index contributed by atoms with van der Waals surface area (Å²) in [5.41, 5.74) is 0.785. The molecule has 0 saturated carbocycles. The van der Waals surface area contributed by atoms with Crippen LogP contribution in [0.3, 0.4) is 0 Å². The van der Waals surface area contributed by atoms with Gasteiger partial charge in [-0.2, -0.15) is 0 Å². The lowest BCUT2D eigenvalue weighted by molar-refractivity contribution is -0.133. The average Bonchev–Trinajstić information content (AvgIpc) is 2.65. The van der Waals surface area contributed by atoms with Crippen LogP contribution in [0.15, 0.2) is 43.0 Å². The second kappa shape index (κ2) is 4.72. The van der Waals surface area contributed by atoms with Crippen molar-refractivity contribution in [1.29, 1.82) is 0 Å². The molecule has 1 amide bonds. The van der Waals surface area contributed by atoms with E-state index in [0.29, 0.717) is 6.54 Å². The van der Waals surface area contributed by atoms with Gasteiger partial charge in [-0.1, -0.05) is 36.4 Å². The smallest absolute Gasteiger partial charge is 0.229 e. The Balaban J connectivity index is 2.26. The van der Waals surface area contributed by atoms with E-state index in [1.54, 1.807) is 18.0 Å². The number of carbonyl (C=O) groups excluding carboxylic acids is 1. The number of aliphatic hydroxyl groups excluding tert-OH is 1. The van der Waals surface area contributed by atoms with E-state index in [9.17, 15) is 9.90 Å². The van der Waals surface area contributed by atoms with E-state index in [4.69, 9.17) is 0 Å². The van der Waals surface area contributed by atoms with Crippen LogP contribution in [0.5, 0.6) is 0 Å². The Bertz CT molecular complexity index is 415. The van der Waals surface area contributed by atoms with Crippen molar-refractivity contribution >= 4 is 5.91 Å². The SMILES string of the molecule is C=C[C@@H]1CN(C)C(=O)[C@H]1[C@@H](O)c1ccccc1. The summed E-state index contributed by atoms with van der Waals surface area (Å²) < 4.78 is 0. The monoisotopic (exact) mass is 231 g/mol. The molecule has 17 heavy (non-hydrogen) atoms. The lowest BCUT2D eigenvalue weighted by Crippen LogP contribution is -2.27. The maximum Gasteiger partial charge on any atom is 0.229 e. The third-order valence-electron chi connectivity index (χ3n) is 3.39. The number of hydrogen-bond donors (Lipinski definition) is 1. The minimum Gasteiger partial charge on any atom is -0.388 e. The summed E-state index contributed by atoms with van der Waals surface area (Å²) >= 11 is 0. The van der Waals surface area contributed by atoms with E-state index >= 15 is 0 Å². The molecule has 1 heterocycles. The molecular weight excluding hydrogens is 214 g/mol. The van der Waals surface area contributed by atoms with Crippen LogP contribution in [0.25, 0.3) is 0 Å². The van der Waals surface area contributed by atoms with Gasteiger partial charge in [0.15, 0.2) is 0 Å². The molecule has 1 aliphatic rings. The quantitative estimate of drug-likeness (QED) is 0.803. The molecule has 0 spiro atoms. The third kappa shape index (κ3) is 2.11. The highest BCUT2D eigenvalue weighted by Crippen LogP contribution is 2.35. The lowest BCUT2D eigenvalue weighted by Gasteiger charge is -2.20. The van der Waals surface area contributed by atoms with Crippen molar-refractivity contribution < 1.29 is 9.90 Å². The molecule has 0 aromatic heterocycles. The number of carbonyl (C=O) groups is 1. The van der Waals surface area contributed by atoms with Crippen LogP contribution in [0.1, 0.15) is 11.7 Å². The van der Waals surface area contributed by atoms with Crippen LogP contribution in [0.4, 0.5) is 0 Å². The number of nitrogens with zero attached hydrogens (tertiary/aromatic N) is 1. The number of hydrogen-bond acceptors (Lipinski definition) is 2. The highest BCUT2D eigenvalue weighted by molar-refractivity contribution is 5.82. The maximum absolute atomic E-state index is 12.0. The van der Waals surface area contributed by atoms with E-state index in [-0.39, 0.29) is 11.8 Å². The Morgan fingerprint density at radius 1 is 1.47 bits per heavy atom. The molecular formula is C14H17NO2. The van der Waals surface area contributed by atoms with Crippen molar-refractivity contribution in [2.75, 3.05) is 13.6 Å². The standard InChI is InChI=1S/C14H17NO2/c1-3-10-9-15(2)14(17)12(10)13(16)11-7-5-4-6-8-11/h3-8,10,12-13,16H,1,9H2,2H3/t10-,12-,13+/m1/s1. The second-order valence-corrected chi connectivity index (χ2v) is 4.50. The van der Waals surface area contributed by atoms with Crippen molar-refractivity contribution in [3.63, 3.8) is 0 Å². The zero-order valence-corrected chi connectivity index (χ0v) is 9.91.